The molecule has 1 aromatic carbocycles. The highest BCUT2D eigenvalue weighted by atomic mass is 31.2. The lowest BCUT2D eigenvalue weighted by Gasteiger charge is -2.42. The molecule has 306 valence electrons. The number of phosphoric ester groups is 1. The maximum atomic E-state index is 14.4. The van der Waals surface area contributed by atoms with Crippen LogP contribution in [0.15, 0.2) is 34.3 Å². The highest BCUT2D eigenvalue weighted by molar-refractivity contribution is 7.46. The van der Waals surface area contributed by atoms with Crippen molar-refractivity contribution in [2.24, 2.45) is 10.6 Å². The number of amides is 3. The average Bonchev–Trinajstić information content (AvgIpc) is 3.44. The van der Waals surface area contributed by atoms with Crippen LogP contribution >= 0.6 is 7.82 Å². The molecule has 0 saturated carbocycles. The van der Waals surface area contributed by atoms with Gasteiger partial charge in [0.05, 0.1) is 11.8 Å². The van der Waals surface area contributed by atoms with E-state index in [9.17, 15) is 37.3 Å². The Hall–Kier alpha value is -5.11. The van der Waals surface area contributed by atoms with Crippen molar-refractivity contribution in [1.82, 2.24) is 19.7 Å². The van der Waals surface area contributed by atoms with Gasteiger partial charge in [0.1, 0.15) is 23.8 Å². The number of oxime groups is 1. The first-order chi connectivity index (χ1) is 26.2. The van der Waals surface area contributed by atoms with Gasteiger partial charge in [-0.25, -0.2) is 27.5 Å². The van der Waals surface area contributed by atoms with Crippen LogP contribution in [-0.2, 0) is 34.7 Å². The predicted molar refractivity (Wildman–Crippen MR) is 187 cm³/mol. The Bertz CT molecular complexity index is 2020. The molecule has 2 aromatic rings. The van der Waals surface area contributed by atoms with Crippen molar-refractivity contribution in [2.75, 3.05) is 40.3 Å². The Labute approximate surface area is 318 Å². The zero-order chi connectivity index (χ0) is 41.2. The summed E-state index contributed by atoms with van der Waals surface area (Å²) in [5.41, 5.74) is -2.98. The lowest BCUT2D eigenvalue weighted by atomic mass is 9.84. The van der Waals surface area contributed by atoms with E-state index < -0.39 is 97.5 Å². The first-order valence-corrected chi connectivity index (χ1v) is 18.8. The Kier molecular flexibility index (Phi) is 12.4. The third kappa shape index (κ3) is 9.63. The van der Waals surface area contributed by atoms with Crippen LogP contribution in [0.3, 0.4) is 0 Å². The lowest BCUT2D eigenvalue weighted by Crippen LogP contribution is -2.52. The van der Waals surface area contributed by atoms with E-state index in [-0.39, 0.29) is 37.0 Å². The molecule has 19 nitrogen and oxygen atoms in total. The molecular formula is C34H42F2N5O14P. The standard InChI is InChI=1S/C34H42F2N5O14P/c1-19-11-34(55-38-19)9-8-20(2)40-14-25(34)41-13-23(29(43)37-12-21-6-7-22(35)10-24(21)36)27(42)28(26(41)30(40)44)51-17-53-32(46)50-16-33(3,4)15-39(5)31(45)52-18-54-56(47,48)49/h6-7,10,13,20,25H,8-9,11-12,14-18H2,1-5H3,(H,37,43)(H2,47,48,49)/t20-,25+,34-/m0/s1. The molecule has 1 aromatic heterocycles. The fourth-order valence-electron chi connectivity index (χ4n) is 6.78. The number of ether oxygens (including phenoxy) is 4. The number of phosphoric acid groups is 1. The summed E-state index contributed by atoms with van der Waals surface area (Å²) in [5, 5.41) is 6.63. The predicted octanol–water partition coefficient (Wildman–Crippen LogP) is 3.42. The maximum absolute atomic E-state index is 14.4. The summed E-state index contributed by atoms with van der Waals surface area (Å²) < 4.78 is 64.7. The van der Waals surface area contributed by atoms with Crippen molar-refractivity contribution in [3.05, 3.63) is 63.1 Å². The van der Waals surface area contributed by atoms with Gasteiger partial charge in [-0.1, -0.05) is 25.1 Å². The summed E-state index contributed by atoms with van der Waals surface area (Å²) >= 11 is 0. The number of fused-ring (bicyclic) bond motifs is 5. The number of carbonyl (C=O) groups is 4. The molecule has 0 unspecified atom stereocenters. The molecule has 3 amide bonds. The van der Waals surface area contributed by atoms with Crippen LogP contribution in [0.4, 0.5) is 18.4 Å². The number of hydrogen-bond donors (Lipinski definition) is 3. The van der Waals surface area contributed by atoms with Gasteiger partial charge in [-0.3, -0.25) is 14.4 Å². The molecule has 22 heteroatoms. The molecule has 1 saturated heterocycles. The number of benzene rings is 1. The highest BCUT2D eigenvalue weighted by Crippen LogP contribution is 2.46. The highest BCUT2D eigenvalue weighted by Gasteiger charge is 2.54. The number of halogens is 2. The minimum atomic E-state index is -4.86. The quantitative estimate of drug-likeness (QED) is 0.149. The molecule has 3 aliphatic rings. The van der Waals surface area contributed by atoms with Crippen LogP contribution in [0.2, 0.25) is 0 Å². The van der Waals surface area contributed by atoms with E-state index in [1.807, 2.05) is 6.92 Å². The molecule has 0 aliphatic carbocycles. The number of carbonyl (C=O) groups excluding carboxylic acids is 4. The van der Waals surface area contributed by atoms with Gasteiger partial charge in [0.15, 0.2) is 11.3 Å². The van der Waals surface area contributed by atoms with Crippen LogP contribution in [0.1, 0.15) is 79.4 Å². The van der Waals surface area contributed by atoms with Gasteiger partial charge in [-0.2, -0.15) is 0 Å². The smallest absolute Gasteiger partial charge is 0.451 e. The molecule has 3 aliphatic heterocycles. The maximum Gasteiger partial charge on any atom is 0.511 e. The molecule has 3 N–H and O–H groups in total. The summed E-state index contributed by atoms with van der Waals surface area (Å²) in [6, 6.07) is 1.85. The zero-order valence-electron chi connectivity index (χ0n) is 31.1. The normalized spacial score (nSPS) is 20.3. The van der Waals surface area contributed by atoms with Gasteiger partial charge in [0, 0.05) is 62.4 Å². The van der Waals surface area contributed by atoms with Crippen molar-refractivity contribution in [2.45, 2.75) is 71.2 Å². The number of rotatable bonds is 13. The minimum absolute atomic E-state index is 0.0572. The van der Waals surface area contributed by atoms with E-state index in [0.29, 0.717) is 31.0 Å². The molecule has 1 spiro atoms. The minimum Gasteiger partial charge on any atom is -0.451 e. The van der Waals surface area contributed by atoms with E-state index in [0.717, 1.165) is 17.0 Å². The van der Waals surface area contributed by atoms with E-state index in [4.69, 9.17) is 28.8 Å². The fourth-order valence-corrected chi connectivity index (χ4v) is 6.97. The second-order valence-electron chi connectivity index (χ2n) is 14.5. The summed E-state index contributed by atoms with van der Waals surface area (Å²) in [5.74, 6) is -3.90. The SMILES string of the molecule is CC1=NO[C@@]2(CC[C@H](C)N3C[C@H]2n2cc(C(=O)NCc4ccc(F)cc4F)c(=O)c(OCOC(=O)OCC(C)(C)CN(C)C(=O)OCOP(=O)(O)O)c2C3=O)C1. The van der Waals surface area contributed by atoms with E-state index in [1.54, 1.807) is 25.7 Å². The van der Waals surface area contributed by atoms with Crippen LogP contribution in [0.25, 0.3) is 0 Å². The Balaban J connectivity index is 1.35. The summed E-state index contributed by atoms with van der Waals surface area (Å²) in [4.78, 5) is 92.5. The van der Waals surface area contributed by atoms with Crippen LogP contribution in [-0.4, -0.2) is 106 Å². The van der Waals surface area contributed by atoms with Crippen molar-refractivity contribution in [3.63, 3.8) is 0 Å². The van der Waals surface area contributed by atoms with Crippen molar-refractivity contribution >= 4 is 37.6 Å². The van der Waals surface area contributed by atoms with E-state index >= 15 is 0 Å². The van der Waals surface area contributed by atoms with Gasteiger partial charge in [0.25, 0.3) is 11.8 Å². The number of nitrogens with one attached hydrogen (secondary N) is 1. The second kappa shape index (κ2) is 16.5. The summed E-state index contributed by atoms with van der Waals surface area (Å²) in [6.07, 6.45) is 0.375. The van der Waals surface area contributed by atoms with Gasteiger partial charge < -0.3 is 53.3 Å². The lowest BCUT2D eigenvalue weighted by molar-refractivity contribution is -0.0658. The largest absolute Gasteiger partial charge is 0.511 e. The van der Waals surface area contributed by atoms with Gasteiger partial charge in [-0.15, -0.1) is 0 Å². The molecule has 1 fully saturated rings. The first kappa shape index (κ1) is 42.0. The van der Waals surface area contributed by atoms with Gasteiger partial charge in [0.2, 0.25) is 24.8 Å². The number of aromatic nitrogens is 1. The van der Waals surface area contributed by atoms with Crippen molar-refractivity contribution in [3.8, 4) is 5.75 Å². The zero-order valence-corrected chi connectivity index (χ0v) is 32.0. The van der Waals surface area contributed by atoms with Crippen molar-refractivity contribution in [1.29, 1.82) is 0 Å². The second-order valence-corrected chi connectivity index (χ2v) is 15.7. The van der Waals surface area contributed by atoms with Crippen molar-refractivity contribution < 1.29 is 70.6 Å². The topological polar surface area (TPSA) is 234 Å². The van der Waals surface area contributed by atoms with Crippen LogP contribution in [0, 0.1) is 17.0 Å². The monoisotopic (exact) mass is 813 g/mol. The molecule has 3 atom stereocenters. The van der Waals surface area contributed by atoms with Gasteiger partial charge in [-0.05, 0) is 32.8 Å². The molecule has 2 bridgehead atoms. The van der Waals surface area contributed by atoms with Crippen LogP contribution < -0.4 is 15.5 Å². The third-order valence-corrected chi connectivity index (χ3v) is 9.91. The molecular weight excluding hydrogens is 771 g/mol. The molecule has 4 heterocycles. The Morgan fingerprint density at radius 3 is 2.55 bits per heavy atom. The summed E-state index contributed by atoms with van der Waals surface area (Å²) in [6.45, 7) is 4.29. The average molecular weight is 814 g/mol. The number of hydrogen-bond acceptors (Lipinski definition) is 13. The van der Waals surface area contributed by atoms with E-state index in [2.05, 4.69) is 19.7 Å². The van der Waals surface area contributed by atoms with Crippen LogP contribution in [0.5, 0.6) is 5.75 Å². The molecule has 0 radical (unpaired) electrons. The Morgan fingerprint density at radius 2 is 1.89 bits per heavy atom. The number of nitrogens with zero attached hydrogens (tertiary/aromatic N) is 4. The van der Waals surface area contributed by atoms with E-state index in [1.165, 1.54) is 17.8 Å². The van der Waals surface area contributed by atoms with Gasteiger partial charge >= 0.3 is 20.1 Å². The fraction of sp³-hybridized carbons (Fsp3) is 0.529. The number of pyridine rings is 1. The summed E-state index contributed by atoms with van der Waals surface area (Å²) in [7, 11) is -3.53. The molecule has 5 rings (SSSR count). The first-order valence-electron chi connectivity index (χ1n) is 17.2. The molecule has 56 heavy (non-hydrogen) atoms. The third-order valence-electron chi connectivity index (χ3n) is 9.46. The Morgan fingerprint density at radius 1 is 1.16 bits per heavy atom.